The van der Waals surface area contributed by atoms with Gasteiger partial charge in [-0.25, -0.2) is 0 Å². The van der Waals surface area contributed by atoms with Gasteiger partial charge in [0.05, 0.1) is 24.8 Å². The molecule has 4 heteroatoms. The van der Waals surface area contributed by atoms with Crippen LogP contribution in [0.5, 0.6) is 0 Å². The fraction of sp³-hybridized carbons (Fsp3) is 0.182. The zero-order valence-corrected chi connectivity index (χ0v) is 11.9. The Morgan fingerprint density at radius 2 is 1.87 bits per heavy atom. The van der Waals surface area contributed by atoms with E-state index in [0.29, 0.717) is 5.02 Å². The Bertz CT molecular complexity index is 552. The van der Waals surface area contributed by atoms with E-state index >= 15 is 0 Å². The number of halogens is 3. The third-order valence-electron chi connectivity index (χ3n) is 2.23. The third-order valence-corrected chi connectivity index (χ3v) is 4.55. The predicted octanol–water partition coefficient (Wildman–Crippen LogP) is 4.76. The van der Waals surface area contributed by atoms with Crippen LogP contribution in [0.1, 0.15) is 11.3 Å². The summed E-state index contributed by atoms with van der Waals surface area (Å²) in [4.78, 5) is 4.45. The first-order chi connectivity index (χ1) is 7.00. The number of pyridine rings is 1. The van der Waals surface area contributed by atoms with Crippen LogP contribution in [-0.4, -0.2) is 4.98 Å². The Labute approximate surface area is 112 Å². The van der Waals surface area contributed by atoms with E-state index in [9.17, 15) is 0 Å². The van der Waals surface area contributed by atoms with Crippen LogP contribution in [0.25, 0.3) is 10.9 Å². The molecule has 0 N–H and O–H groups in total. The zero-order valence-electron chi connectivity index (χ0n) is 8.24. The normalized spacial score (nSPS) is 11.0. The minimum Gasteiger partial charge on any atom is -0.250 e. The smallest absolute Gasteiger partial charge is 0.0907 e. The van der Waals surface area contributed by atoms with Crippen LogP contribution in [0.4, 0.5) is 0 Å². The molecule has 2 aromatic rings. The summed E-state index contributed by atoms with van der Waals surface area (Å²) in [5.41, 5.74) is 2.79. The maximum absolute atomic E-state index is 6.27. The van der Waals surface area contributed by atoms with Crippen LogP contribution in [0, 0.1) is 17.4 Å². The van der Waals surface area contributed by atoms with Gasteiger partial charge in [0.1, 0.15) is 0 Å². The van der Waals surface area contributed by atoms with E-state index < -0.39 is 0 Å². The highest BCUT2D eigenvalue weighted by atomic mass is 127. The van der Waals surface area contributed by atoms with Crippen molar-refractivity contribution in [1.82, 2.24) is 4.98 Å². The number of fused-ring (bicyclic) bond motifs is 1. The van der Waals surface area contributed by atoms with Gasteiger partial charge < -0.3 is 0 Å². The van der Waals surface area contributed by atoms with Gasteiger partial charge in [-0.1, -0.05) is 23.2 Å². The topological polar surface area (TPSA) is 12.9 Å². The Morgan fingerprint density at radius 3 is 2.53 bits per heavy atom. The molecule has 78 valence electrons. The van der Waals surface area contributed by atoms with Crippen LogP contribution >= 0.6 is 45.8 Å². The van der Waals surface area contributed by atoms with Crippen LogP contribution in [0.2, 0.25) is 10.0 Å². The second-order valence-electron chi connectivity index (χ2n) is 3.47. The highest BCUT2D eigenvalue weighted by Gasteiger charge is 2.11. The molecule has 0 saturated heterocycles. The highest BCUT2D eigenvalue weighted by molar-refractivity contribution is 14.1. The van der Waals surface area contributed by atoms with Crippen molar-refractivity contribution >= 4 is 56.7 Å². The zero-order chi connectivity index (χ0) is 11.2. The van der Waals surface area contributed by atoms with Crippen LogP contribution in [0.15, 0.2) is 12.1 Å². The number of hydrogen-bond donors (Lipinski definition) is 0. The summed E-state index contributed by atoms with van der Waals surface area (Å²) in [7, 11) is 0. The van der Waals surface area contributed by atoms with E-state index in [4.69, 9.17) is 23.2 Å². The SMILES string of the molecule is Cc1cc(Cl)c2nc(C)c(I)c(Cl)c2c1. The molecule has 1 nitrogen and oxygen atoms in total. The molecule has 0 amide bonds. The molecule has 1 aromatic heterocycles. The summed E-state index contributed by atoms with van der Waals surface area (Å²) in [6.07, 6.45) is 0. The summed E-state index contributed by atoms with van der Waals surface area (Å²) in [5.74, 6) is 0. The average molecular weight is 352 g/mol. The minimum absolute atomic E-state index is 0.659. The lowest BCUT2D eigenvalue weighted by molar-refractivity contribution is 1.23. The monoisotopic (exact) mass is 351 g/mol. The first-order valence-corrected chi connectivity index (χ1v) is 6.25. The van der Waals surface area contributed by atoms with E-state index in [-0.39, 0.29) is 0 Å². The van der Waals surface area contributed by atoms with E-state index in [1.165, 1.54) is 0 Å². The second-order valence-corrected chi connectivity index (χ2v) is 5.33. The van der Waals surface area contributed by atoms with Gasteiger partial charge in [0.25, 0.3) is 0 Å². The fourth-order valence-corrected chi connectivity index (χ4v) is 2.52. The number of rotatable bonds is 0. The fourth-order valence-electron chi connectivity index (χ4n) is 1.51. The number of nitrogens with zero attached hydrogens (tertiary/aromatic N) is 1. The molecule has 0 unspecified atom stereocenters. The van der Waals surface area contributed by atoms with Crippen LogP contribution in [0.3, 0.4) is 0 Å². The standard InChI is InChI=1S/C11H8Cl2IN/c1-5-3-7-9(13)10(14)6(2)15-11(7)8(12)4-5/h3-4H,1-2H3. The molecule has 0 radical (unpaired) electrons. The molecule has 15 heavy (non-hydrogen) atoms. The van der Waals surface area contributed by atoms with Gasteiger partial charge in [-0.3, -0.25) is 4.98 Å². The van der Waals surface area contributed by atoms with Gasteiger partial charge in [-0.2, -0.15) is 0 Å². The Hall–Kier alpha value is -0.0600. The summed E-state index contributed by atoms with van der Waals surface area (Å²) >= 11 is 14.6. The van der Waals surface area contributed by atoms with Crippen LogP contribution in [-0.2, 0) is 0 Å². The lowest BCUT2D eigenvalue weighted by atomic mass is 10.1. The molecule has 0 aliphatic heterocycles. The summed E-state index contributed by atoms with van der Waals surface area (Å²) in [6, 6.07) is 3.91. The molecule has 0 bridgehead atoms. The minimum atomic E-state index is 0.659. The molecule has 2 rings (SSSR count). The largest absolute Gasteiger partial charge is 0.250 e. The van der Waals surface area contributed by atoms with Crippen LogP contribution < -0.4 is 0 Å². The third kappa shape index (κ3) is 1.95. The van der Waals surface area contributed by atoms with E-state index in [2.05, 4.69) is 27.6 Å². The van der Waals surface area contributed by atoms with E-state index in [1.807, 2.05) is 26.0 Å². The van der Waals surface area contributed by atoms with Crippen molar-refractivity contribution in [3.63, 3.8) is 0 Å². The molecule has 1 aromatic carbocycles. The van der Waals surface area contributed by atoms with Crippen molar-refractivity contribution in [2.24, 2.45) is 0 Å². The predicted molar refractivity (Wildman–Crippen MR) is 74.0 cm³/mol. The molecular formula is C11H8Cl2IN. The first-order valence-electron chi connectivity index (χ1n) is 4.42. The van der Waals surface area contributed by atoms with Gasteiger partial charge in [0.15, 0.2) is 0 Å². The molecule has 0 fully saturated rings. The van der Waals surface area contributed by atoms with Gasteiger partial charge >= 0.3 is 0 Å². The van der Waals surface area contributed by atoms with Crippen molar-refractivity contribution in [3.05, 3.63) is 37.0 Å². The van der Waals surface area contributed by atoms with Crippen molar-refractivity contribution in [1.29, 1.82) is 0 Å². The van der Waals surface area contributed by atoms with Crippen molar-refractivity contribution < 1.29 is 0 Å². The van der Waals surface area contributed by atoms with Gasteiger partial charge in [-0.05, 0) is 54.1 Å². The van der Waals surface area contributed by atoms with E-state index in [1.54, 1.807) is 0 Å². The number of aromatic nitrogens is 1. The molecule has 0 aliphatic carbocycles. The van der Waals surface area contributed by atoms with Crippen molar-refractivity contribution in [2.45, 2.75) is 13.8 Å². The maximum Gasteiger partial charge on any atom is 0.0907 e. The lowest BCUT2D eigenvalue weighted by Crippen LogP contribution is -1.92. The second kappa shape index (κ2) is 4.07. The first kappa shape index (κ1) is 11.4. The summed E-state index contributed by atoms with van der Waals surface area (Å²) in [5, 5.41) is 2.33. The highest BCUT2D eigenvalue weighted by Crippen LogP contribution is 2.33. The molecular weight excluding hydrogens is 344 g/mol. The number of benzene rings is 1. The Morgan fingerprint density at radius 1 is 1.20 bits per heavy atom. The van der Waals surface area contributed by atoms with Crippen molar-refractivity contribution in [3.8, 4) is 0 Å². The molecule has 0 atom stereocenters. The van der Waals surface area contributed by atoms with Gasteiger partial charge in [0, 0.05) is 5.39 Å². The maximum atomic E-state index is 6.27. The Balaban J connectivity index is 2.98. The molecule has 0 saturated carbocycles. The van der Waals surface area contributed by atoms with Gasteiger partial charge in [-0.15, -0.1) is 0 Å². The van der Waals surface area contributed by atoms with Crippen molar-refractivity contribution in [2.75, 3.05) is 0 Å². The number of aryl methyl sites for hydroxylation is 2. The lowest BCUT2D eigenvalue weighted by Gasteiger charge is -2.08. The van der Waals surface area contributed by atoms with E-state index in [0.717, 1.165) is 30.8 Å². The quantitative estimate of drug-likeness (QED) is 0.623. The summed E-state index contributed by atoms with van der Waals surface area (Å²) < 4.78 is 0.989. The number of hydrogen-bond acceptors (Lipinski definition) is 1. The Kier molecular flexibility index (Phi) is 3.10. The molecule has 0 spiro atoms. The molecule has 1 heterocycles. The molecule has 0 aliphatic rings. The average Bonchev–Trinajstić information content (AvgIpc) is 2.17. The van der Waals surface area contributed by atoms with Gasteiger partial charge in [0.2, 0.25) is 0 Å². The summed E-state index contributed by atoms with van der Waals surface area (Å²) in [6.45, 7) is 3.93.